The Bertz CT molecular complexity index is 182. The van der Waals surface area contributed by atoms with E-state index in [9.17, 15) is 4.39 Å². The van der Waals surface area contributed by atoms with Gasteiger partial charge >= 0.3 is 0 Å². The molecule has 1 aliphatic carbocycles. The predicted molar refractivity (Wildman–Crippen MR) is 49.5 cm³/mol. The van der Waals surface area contributed by atoms with E-state index < -0.39 is 6.17 Å². The maximum atomic E-state index is 12.9. The number of halogens is 1. The fourth-order valence-electron chi connectivity index (χ4n) is 2.23. The summed E-state index contributed by atoms with van der Waals surface area (Å²) < 4.78 is 18.1. The molecular formula is C10H18FNO. The Kier molecular flexibility index (Phi) is 2.56. The van der Waals surface area contributed by atoms with Crippen LogP contribution >= 0.6 is 0 Å². The van der Waals surface area contributed by atoms with Gasteiger partial charge in [0.2, 0.25) is 0 Å². The Morgan fingerprint density at radius 3 is 2.77 bits per heavy atom. The zero-order chi connectivity index (χ0) is 9.31. The lowest BCUT2D eigenvalue weighted by molar-refractivity contribution is 0.113. The lowest BCUT2D eigenvalue weighted by Crippen LogP contribution is -2.31. The monoisotopic (exact) mass is 187 g/mol. The summed E-state index contributed by atoms with van der Waals surface area (Å²) in [6, 6.07) is 0. The van der Waals surface area contributed by atoms with Gasteiger partial charge in [0.25, 0.3) is 0 Å². The van der Waals surface area contributed by atoms with Crippen LogP contribution in [-0.4, -0.2) is 44.4 Å². The van der Waals surface area contributed by atoms with Gasteiger partial charge in [0.1, 0.15) is 6.17 Å². The first-order chi connectivity index (χ1) is 6.24. The summed E-state index contributed by atoms with van der Waals surface area (Å²) in [7, 11) is 1.75. The zero-order valence-electron chi connectivity index (χ0n) is 8.26. The van der Waals surface area contributed by atoms with E-state index >= 15 is 0 Å². The lowest BCUT2D eigenvalue weighted by atomic mass is 10.1. The van der Waals surface area contributed by atoms with E-state index in [1.807, 2.05) is 0 Å². The molecule has 2 nitrogen and oxygen atoms in total. The Balaban J connectivity index is 1.77. The third-order valence-corrected chi connectivity index (χ3v) is 3.18. The number of rotatable bonds is 4. The van der Waals surface area contributed by atoms with Crippen LogP contribution in [0.15, 0.2) is 0 Å². The van der Waals surface area contributed by atoms with E-state index in [1.165, 1.54) is 12.8 Å². The van der Waals surface area contributed by atoms with Gasteiger partial charge in [-0.2, -0.15) is 0 Å². The molecule has 2 fully saturated rings. The van der Waals surface area contributed by atoms with Crippen molar-refractivity contribution < 1.29 is 9.13 Å². The second-order valence-corrected chi connectivity index (χ2v) is 4.55. The van der Waals surface area contributed by atoms with Gasteiger partial charge < -0.3 is 4.74 Å². The van der Waals surface area contributed by atoms with Crippen molar-refractivity contribution >= 4 is 0 Å². The average Bonchev–Trinajstić information content (AvgIpc) is 2.70. The summed E-state index contributed by atoms with van der Waals surface area (Å²) in [4.78, 5) is 2.25. The van der Waals surface area contributed by atoms with Crippen LogP contribution in [0.5, 0.6) is 0 Å². The highest BCUT2D eigenvalue weighted by molar-refractivity contribution is 4.96. The summed E-state index contributed by atoms with van der Waals surface area (Å²) in [5.74, 6) is 0. The molecule has 1 atom stereocenters. The van der Waals surface area contributed by atoms with Crippen LogP contribution in [0.4, 0.5) is 4.39 Å². The maximum absolute atomic E-state index is 12.9. The predicted octanol–water partition coefficient (Wildman–Crippen LogP) is 1.46. The highest BCUT2D eigenvalue weighted by Gasteiger charge is 2.44. The second-order valence-electron chi connectivity index (χ2n) is 4.55. The molecule has 2 rings (SSSR count). The number of alkyl halides is 1. The summed E-state index contributed by atoms with van der Waals surface area (Å²) in [5, 5.41) is 0. The van der Waals surface area contributed by atoms with Gasteiger partial charge in [-0.3, -0.25) is 4.90 Å². The molecule has 13 heavy (non-hydrogen) atoms. The normalized spacial score (nSPS) is 32.3. The smallest absolute Gasteiger partial charge is 0.114 e. The number of nitrogens with zero attached hydrogens (tertiary/aromatic N) is 1. The molecule has 3 heteroatoms. The fourth-order valence-corrected chi connectivity index (χ4v) is 2.23. The Morgan fingerprint density at radius 1 is 1.54 bits per heavy atom. The van der Waals surface area contributed by atoms with E-state index in [1.54, 1.807) is 7.11 Å². The molecule has 76 valence electrons. The molecule has 2 aliphatic rings. The van der Waals surface area contributed by atoms with Crippen LogP contribution in [0.3, 0.4) is 0 Å². The SMILES string of the molecule is COCC1(CN2CC[C@H](F)C2)CC1. The van der Waals surface area contributed by atoms with Gasteiger partial charge in [-0.15, -0.1) is 0 Å². The molecule has 0 unspecified atom stereocenters. The van der Waals surface area contributed by atoms with Gasteiger partial charge in [-0.1, -0.05) is 0 Å². The first kappa shape index (κ1) is 9.41. The van der Waals surface area contributed by atoms with Crippen molar-refractivity contribution in [2.24, 2.45) is 5.41 Å². The van der Waals surface area contributed by atoms with Crippen molar-refractivity contribution in [3.63, 3.8) is 0 Å². The van der Waals surface area contributed by atoms with Crippen LogP contribution in [0.2, 0.25) is 0 Å². The van der Waals surface area contributed by atoms with E-state index in [2.05, 4.69) is 4.90 Å². The minimum Gasteiger partial charge on any atom is -0.384 e. The van der Waals surface area contributed by atoms with Crippen molar-refractivity contribution in [3.05, 3.63) is 0 Å². The Labute approximate surface area is 79.1 Å². The molecule has 1 heterocycles. The standard InChI is InChI=1S/C10H18FNO/c1-13-8-10(3-4-10)7-12-5-2-9(11)6-12/h9H,2-8H2,1H3/t9-/m0/s1. The fraction of sp³-hybridized carbons (Fsp3) is 1.00. The van der Waals surface area contributed by atoms with Crippen LogP contribution < -0.4 is 0 Å². The third-order valence-electron chi connectivity index (χ3n) is 3.18. The van der Waals surface area contributed by atoms with Crippen LogP contribution in [-0.2, 0) is 4.74 Å². The summed E-state index contributed by atoms with van der Waals surface area (Å²) in [5.41, 5.74) is 0.388. The van der Waals surface area contributed by atoms with E-state index in [-0.39, 0.29) is 0 Å². The number of likely N-dealkylation sites (tertiary alicyclic amines) is 1. The van der Waals surface area contributed by atoms with Crippen LogP contribution in [0, 0.1) is 5.41 Å². The van der Waals surface area contributed by atoms with Crippen molar-refractivity contribution in [2.75, 3.05) is 33.4 Å². The molecule has 1 aliphatic heterocycles. The van der Waals surface area contributed by atoms with Gasteiger partial charge in [-0.05, 0) is 19.3 Å². The molecule has 1 saturated heterocycles. The molecule has 0 amide bonds. The van der Waals surface area contributed by atoms with E-state index in [4.69, 9.17) is 4.74 Å². The first-order valence-corrected chi connectivity index (χ1v) is 5.09. The number of ether oxygens (including phenoxy) is 1. The van der Waals surface area contributed by atoms with Gasteiger partial charge in [0.05, 0.1) is 6.61 Å². The van der Waals surface area contributed by atoms with Crippen LogP contribution in [0.1, 0.15) is 19.3 Å². The summed E-state index contributed by atoms with van der Waals surface area (Å²) in [6.07, 6.45) is 2.66. The molecule has 0 spiro atoms. The summed E-state index contributed by atoms with van der Waals surface area (Å²) in [6.45, 7) is 3.47. The maximum Gasteiger partial charge on any atom is 0.114 e. The molecule has 0 bridgehead atoms. The van der Waals surface area contributed by atoms with Crippen molar-refractivity contribution in [2.45, 2.75) is 25.4 Å². The van der Waals surface area contributed by atoms with E-state index in [0.29, 0.717) is 12.0 Å². The second kappa shape index (κ2) is 3.54. The molecule has 1 saturated carbocycles. The molecule has 0 aromatic carbocycles. The Hall–Kier alpha value is -0.150. The molecular weight excluding hydrogens is 169 g/mol. The zero-order valence-corrected chi connectivity index (χ0v) is 8.26. The van der Waals surface area contributed by atoms with Crippen LogP contribution in [0.25, 0.3) is 0 Å². The van der Waals surface area contributed by atoms with Gasteiger partial charge in [-0.25, -0.2) is 4.39 Å². The lowest BCUT2D eigenvalue weighted by Gasteiger charge is -2.21. The van der Waals surface area contributed by atoms with Gasteiger partial charge in [0, 0.05) is 32.2 Å². The minimum atomic E-state index is -0.585. The first-order valence-electron chi connectivity index (χ1n) is 5.09. The molecule has 0 radical (unpaired) electrons. The molecule has 0 aromatic heterocycles. The number of hydrogen-bond donors (Lipinski definition) is 0. The highest BCUT2D eigenvalue weighted by Crippen LogP contribution is 2.46. The highest BCUT2D eigenvalue weighted by atomic mass is 19.1. The third kappa shape index (κ3) is 2.20. The van der Waals surface area contributed by atoms with Crippen molar-refractivity contribution in [1.29, 1.82) is 0 Å². The largest absolute Gasteiger partial charge is 0.384 e. The van der Waals surface area contributed by atoms with Crippen molar-refractivity contribution in [3.8, 4) is 0 Å². The van der Waals surface area contributed by atoms with E-state index in [0.717, 1.165) is 26.1 Å². The molecule has 0 N–H and O–H groups in total. The number of methoxy groups -OCH3 is 1. The van der Waals surface area contributed by atoms with Gasteiger partial charge in [0.15, 0.2) is 0 Å². The minimum absolute atomic E-state index is 0.388. The molecule has 0 aromatic rings. The summed E-state index contributed by atoms with van der Waals surface area (Å²) >= 11 is 0. The quantitative estimate of drug-likeness (QED) is 0.660. The Morgan fingerprint density at radius 2 is 2.31 bits per heavy atom. The topological polar surface area (TPSA) is 12.5 Å². The van der Waals surface area contributed by atoms with Crippen molar-refractivity contribution in [1.82, 2.24) is 4.90 Å². The average molecular weight is 187 g/mol. The number of hydrogen-bond acceptors (Lipinski definition) is 2.